The summed E-state index contributed by atoms with van der Waals surface area (Å²) in [4.78, 5) is 0. The van der Waals surface area contributed by atoms with Crippen molar-refractivity contribution in [3.05, 3.63) is 12.2 Å². The van der Waals surface area contributed by atoms with Crippen LogP contribution in [0.15, 0.2) is 12.2 Å². The van der Waals surface area contributed by atoms with E-state index in [0.717, 1.165) is 0 Å². The van der Waals surface area contributed by atoms with E-state index in [-0.39, 0.29) is 37.3 Å². The lowest BCUT2D eigenvalue weighted by atomic mass is 9.84. The van der Waals surface area contributed by atoms with E-state index >= 15 is 0 Å². The minimum atomic E-state index is 0.0437. The molecule has 3 nitrogen and oxygen atoms in total. The van der Waals surface area contributed by atoms with Gasteiger partial charge in [-0.05, 0) is 0 Å². The topological polar surface area (TPSA) is 49.7 Å². The van der Waals surface area contributed by atoms with Crippen LogP contribution in [0, 0.1) is 11.8 Å². The third kappa shape index (κ3) is 0.922. The van der Waals surface area contributed by atoms with Crippen molar-refractivity contribution in [3.63, 3.8) is 0 Å². The van der Waals surface area contributed by atoms with Gasteiger partial charge >= 0.3 is 0 Å². The number of hydrogen-bond acceptors (Lipinski definition) is 3. The molecule has 2 aliphatic heterocycles. The summed E-state index contributed by atoms with van der Waals surface area (Å²) in [5.74, 6) is 0.213. The maximum absolute atomic E-state index is 8.96. The van der Waals surface area contributed by atoms with Gasteiger partial charge in [-0.1, -0.05) is 12.2 Å². The van der Waals surface area contributed by atoms with E-state index < -0.39 is 0 Å². The predicted octanol–water partition coefficient (Wildman–Crippen LogP) is -0.459. The number of aliphatic hydroxyl groups excluding tert-OH is 2. The van der Waals surface area contributed by atoms with Crippen LogP contribution in [-0.2, 0) is 4.74 Å². The lowest BCUT2D eigenvalue weighted by Gasteiger charge is -2.20. The summed E-state index contributed by atoms with van der Waals surface area (Å²) < 4.78 is 5.45. The SMILES string of the molecule is OC[C@@H]1[C@@H](CO)[C@H]2C=C[C@@H]1O2. The first-order valence-corrected chi connectivity index (χ1v) is 3.92. The summed E-state index contributed by atoms with van der Waals surface area (Å²) >= 11 is 0. The zero-order chi connectivity index (χ0) is 7.84. The van der Waals surface area contributed by atoms with E-state index in [4.69, 9.17) is 14.9 Å². The molecule has 2 bridgehead atoms. The molecule has 0 saturated carbocycles. The third-order valence-electron chi connectivity index (χ3n) is 2.62. The molecule has 2 rings (SSSR count). The van der Waals surface area contributed by atoms with Crippen molar-refractivity contribution in [1.29, 1.82) is 0 Å². The molecule has 0 aromatic carbocycles. The summed E-state index contributed by atoms with van der Waals surface area (Å²) in [6.07, 6.45) is 4.03. The minimum Gasteiger partial charge on any atom is -0.396 e. The van der Waals surface area contributed by atoms with Crippen LogP contribution in [0.5, 0.6) is 0 Å². The van der Waals surface area contributed by atoms with Crippen LogP contribution in [-0.4, -0.2) is 35.6 Å². The van der Waals surface area contributed by atoms with Crippen LogP contribution in [0.1, 0.15) is 0 Å². The highest BCUT2D eigenvalue weighted by Crippen LogP contribution is 2.38. The second-order valence-electron chi connectivity index (χ2n) is 3.14. The molecule has 2 N–H and O–H groups in total. The van der Waals surface area contributed by atoms with E-state index in [1.54, 1.807) is 0 Å². The molecule has 0 aliphatic carbocycles. The Labute approximate surface area is 65.3 Å². The van der Waals surface area contributed by atoms with Crippen molar-refractivity contribution < 1.29 is 14.9 Å². The molecular weight excluding hydrogens is 144 g/mol. The summed E-state index contributed by atoms with van der Waals surface area (Å²) in [7, 11) is 0. The molecule has 1 saturated heterocycles. The maximum atomic E-state index is 8.96. The fourth-order valence-electron chi connectivity index (χ4n) is 1.94. The summed E-state index contributed by atoms with van der Waals surface area (Å²) in [5, 5.41) is 17.9. The van der Waals surface area contributed by atoms with Crippen LogP contribution < -0.4 is 0 Å². The Bertz CT molecular complexity index is 160. The maximum Gasteiger partial charge on any atom is 0.0819 e. The molecule has 4 atom stereocenters. The van der Waals surface area contributed by atoms with E-state index in [2.05, 4.69) is 0 Å². The van der Waals surface area contributed by atoms with Gasteiger partial charge in [0.25, 0.3) is 0 Å². The van der Waals surface area contributed by atoms with Gasteiger partial charge < -0.3 is 14.9 Å². The first-order valence-electron chi connectivity index (χ1n) is 3.92. The second kappa shape index (κ2) is 2.59. The molecule has 1 fully saturated rings. The number of fused-ring (bicyclic) bond motifs is 2. The molecule has 2 aliphatic rings. The molecule has 0 spiro atoms. The summed E-state index contributed by atoms with van der Waals surface area (Å²) in [6.45, 7) is 0.216. The van der Waals surface area contributed by atoms with Crippen molar-refractivity contribution in [3.8, 4) is 0 Å². The summed E-state index contributed by atoms with van der Waals surface area (Å²) in [6, 6.07) is 0. The van der Waals surface area contributed by atoms with Crippen molar-refractivity contribution in [2.24, 2.45) is 11.8 Å². The average molecular weight is 156 g/mol. The molecule has 2 heterocycles. The van der Waals surface area contributed by atoms with Gasteiger partial charge in [0.1, 0.15) is 0 Å². The van der Waals surface area contributed by atoms with Crippen LogP contribution in [0.25, 0.3) is 0 Å². The van der Waals surface area contributed by atoms with Gasteiger partial charge in [0.2, 0.25) is 0 Å². The van der Waals surface area contributed by atoms with Gasteiger partial charge in [0.15, 0.2) is 0 Å². The highest BCUT2D eigenvalue weighted by molar-refractivity contribution is 5.14. The molecule has 0 unspecified atom stereocenters. The van der Waals surface area contributed by atoms with E-state index in [0.29, 0.717) is 0 Å². The Hall–Kier alpha value is -0.380. The molecule has 11 heavy (non-hydrogen) atoms. The molecule has 62 valence electrons. The number of hydrogen-bond donors (Lipinski definition) is 2. The Kier molecular flexibility index (Phi) is 1.71. The van der Waals surface area contributed by atoms with Crippen molar-refractivity contribution in [2.75, 3.05) is 13.2 Å². The first kappa shape index (κ1) is 7.28. The Morgan fingerprint density at radius 3 is 1.82 bits per heavy atom. The minimum absolute atomic E-state index is 0.0437. The number of aliphatic hydroxyl groups is 2. The lowest BCUT2D eigenvalue weighted by Crippen LogP contribution is -2.29. The number of ether oxygens (including phenoxy) is 1. The van der Waals surface area contributed by atoms with Gasteiger partial charge in [0, 0.05) is 25.0 Å². The predicted molar refractivity (Wildman–Crippen MR) is 39.0 cm³/mol. The van der Waals surface area contributed by atoms with Gasteiger partial charge in [0.05, 0.1) is 12.2 Å². The largest absolute Gasteiger partial charge is 0.396 e. The molecule has 3 heteroatoms. The normalized spacial score (nSPS) is 47.1. The fourth-order valence-corrected chi connectivity index (χ4v) is 1.94. The first-order chi connectivity index (χ1) is 5.36. The van der Waals surface area contributed by atoms with Crippen molar-refractivity contribution >= 4 is 0 Å². The van der Waals surface area contributed by atoms with Crippen LogP contribution >= 0.6 is 0 Å². The Balaban J connectivity index is 2.15. The summed E-state index contributed by atoms with van der Waals surface area (Å²) in [5.41, 5.74) is 0. The molecule has 0 radical (unpaired) electrons. The van der Waals surface area contributed by atoms with Crippen LogP contribution in [0.4, 0.5) is 0 Å². The second-order valence-corrected chi connectivity index (χ2v) is 3.14. The monoisotopic (exact) mass is 156 g/mol. The van der Waals surface area contributed by atoms with E-state index in [1.807, 2.05) is 12.2 Å². The van der Waals surface area contributed by atoms with Gasteiger partial charge in [-0.25, -0.2) is 0 Å². The Morgan fingerprint density at radius 1 is 1.00 bits per heavy atom. The van der Waals surface area contributed by atoms with Crippen molar-refractivity contribution in [1.82, 2.24) is 0 Å². The average Bonchev–Trinajstić information content (AvgIpc) is 2.60. The van der Waals surface area contributed by atoms with E-state index in [1.165, 1.54) is 0 Å². The van der Waals surface area contributed by atoms with Gasteiger partial charge in [-0.15, -0.1) is 0 Å². The third-order valence-corrected chi connectivity index (χ3v) is 2.62. The van der Waals surface area contributed by atoms with Crippen LogP contribution in [0.2, 0.25) is 0 Å². The molecule has 0 aromatic rings. The molecule has 0 amide bonds. The highest BCUT2D eigenvalue weighted by Gasteiger charge is 2.44. The van der Waals surface area contributed by atoms with Gasteiger partial charge in [-0.3, -0.25) is 0 Å². The van der Waals surface area contributed by atoms with Crippen LogP contribution in [0.3, 0.4) is 0 Å². The quantitative estimate of drug-likeness (QED) is 0.532. The smallest absolute Gasteiger partial charge is 0.0819 e. The zero-order valence-electron chi connectivity index (χ0n) is 6.18. The lowest BCUT2D eigenvalue weighted by molar-refractivity contribution is 0.0910. The number of rotatable bonds is 2. The highest BCUT2D eigenvalue weighted by atomic mass is 16.5. The van der Waals surface area contributed by atoms with E-state index in [9.17, 15) is 0 Å². The fraction of sp³-hybridized carbons (Fsp3) is 0.750. The Morgan fingerprint density at radius 2 is 1.45 bits per heavy atom. The zero-order valence-corrected chi connectivity index (χ0v) is 6.18. The molecule has 0 aromatic heterocycles. The molecular formula is C8H12O3. The standard InChI is InChI=1S/C8H12O3/c9-3-5-6(4-10)8-2-1-7(5)11-8/h1-2,5-10H,3-4H2/t5-,6-,7-,8+/m1/s1. The van der Waals surface area contributed by atoms with Gasteiger partial charge in [-0.2, -0.15) is 0 Å². The van der Waals surface area contributed by atoms with Crippen molar-refractivity contribution in [2.45, 2.75) is 12.2 Å².